The lowest BCUT2D eigenvalue weighted by molar-refractivity contribution is -0.120. The molecule has 2 rings (SSSR count). The van der Waals surface area contributed by atoms with E-state index in [9.17, 15) is 9.18 Å². The van der Waals surface area contributed by atoms with E-state index in [0.717, 1.165) is 28.8 Å². The molecule has 1 aromatic carbocycles. The van der Waals surface area contributed by atoms with E-state index in [1.807, 2.05) is 27.7 Å². The van der Waals surface area contributed by atoms with Crippen molar-refractivity contribution in [2.75, 3.05) is 0 Å². The Bertz CT molecular complexity index is 681. The van der Waals surface area contributed by atoms with Crippen LogP contribution in [0, 0.1) is 23.6 Å². The predicted molar refractivity (Wildman–Crippen MR) is 129 cm³/mol. The Morgan fingerprint density at radius 2 is 1.69 bits per heavy atom. The second-order valence-corrected chi connectivity index (χ2v) is 10.6. The van der Waals surface area contributed by atoms with Crippen molar-refractivity contribution in [2.45, 2.75) is 101 Å². The fraction of sp³-hybridized carbons (Fsp3) is 0.680. The van der Waals surface area contributed by atoms with E-state index in [2.05, 4.69) is 55.5 Å². The molecule has 0 aromatic heterocycles. The van der Waals surface area contributed by atoms with Crippen molar-refractivity contribution < 1.29 is 9.18 Å². The molecule has 0 radical (unpaired) electrons. The third-order valence-corrected chi connectivity index (χ3v) is 5.94. The quantitative estimate of drug-likeness (QED) is 0.404. The van der Waals surface area contributed by atoms with E-state index < -0.39 is 0 Å². The van der Waals surface area contributed by atoms with E-state index >= 15 is 0 Å². The molecule has 0 amide bonds. The van der Waals surface area contributed by atoms with Crippen LogP contribution in [0.3, 0.4) is 0 Å². The number of hydrogen-bond donors (Lipinski definition) is 0. The Kier molecular flexibility index (Phi) is 12.2. The lowest BCUT2D eigenvalue weighted by Crippen LogP contribution is -2.20. The van der Waals surface area contributed by atoms with Crippen molar-refractivity contribution in [2.24, 2.45) is 15.8 Å². The van der Waals surface area contributed by atoms with Crippen LogP contribution in [-0.2, 0) is 4.79 Å². The molecule has 1 fully saturated rings. The first-order valence-corrected chi connectivity index (χ1v) is 11.5. The van der Waals surface area contributed by atoms with Gasteiger partial charge >= 0.3 is 0 Å². The van der Waals surface area contributed by atoms with E-state index in [1.165, 1.54) is 25.3 Å². The van der Waals surface area contributed by atoms with Crippen LogP contribution in [0.4, 0.5) is 10.1 Å². The SMILES string of the molecule is CC1(C)CCC1.CCC(=O)CC(C)(C)C.CCC(C)=Nc1ccc(F)c(Br)c1C. The number of nitrogens with zero attached hydrogens (tertiary/aromatic N) is 1. The van der Waals surface area contributed by atoms with Crippen LogP contribution in [-0.4, -0.2) is 11.5 Å². The minimum Gasteiger partial charge on any atom is -0.300 e. The van der Waals surface area contributed by atoms with Crippen LogP contribution in [0.1, 0.15) is 99.5 Å². The van der Waals surface area contributed by atoms with Gasteiger partial charge in [-0.15, -0.1) is 0 Å². The molecule has 0 N–H and O–H groups in total. The van der Waals surface area contributed by atoms with Gasteiger partial charge in [-0.1, -0.05) is 54.9 Å². The molecule has 2 nitrogen and oxygen atoms in total. The molecule has 0 unspecified atom stereocenters. The van der Waals surface area contributed by atoms with Gasteiger partial charge < -0.3 is 0 Å². The van der Waals surface area contributed by atoms with E-state index in [1.54, 1.807) is 6.07 Å². The molecule has 0 bridgehead atoms. The summed E-state index contributed by atoms with van der Waals surface area (Å²) in [4.78, 5) is 15.2. The number of carbonyl (C=O) groups is 1. The van der Waals surface area contributed by atoms with Gasteiger partial charge in [0.25, 0.3) is 0 Å². The number of carbonyl (C=O) groups excluding carboxylic acids is 1. The van der Waals surface area contributed by atoms with Crippen molar-refractivity contribution >= 4 is 33.1 Å². The van der Waals surface area contributed by atoms with Gasteiger partial charge in [0.15, 0.2) is 0 Å². The first-order chi connectivity index (χ1) is 13.2. The molecule has 1 aliphatic rings. The fourth-order valence-electron chi connectivity index (χ4n) is 2.65. The molecule has 1 aliphatic carbocycles. The predicted octanol–water partition coefficient (Wildman–Crippen LogP) is 9.00. The first-order valence-electron chi connectivity index (χ1n) is 10.7. The van der Waals surface area contributed by atoms with Crippen LogP contribution in [0.5, 0.6) is 0 Å². The lowest BCUT2D eigenvalue weighted by atomic mass is 9.72. The summed E-state index contributed by atoms with van der Waals surface area (Å²) in [5.41, 5.74) is 3.62. The van der Waals surface area contributed by atoms with Crippen LogP contribution in [0.15, 0.2) is 21.6 Å². The fourth-order valence-corrected chi connectivity index (χ4v) is 2.98. The van der Waals surface area contributed by atoms with Gasteiger partial charge in [0.2, 0.25) is 0 Å². The van der Waals surface area contributed by atoms with E-state index in [-0.39, 0.29) is 11.2 Å². The Hall–Kier alpha value is -1.03. The zero-order chi connectivity index (χ0) is 22.8. The van der Waals surface area contributed by atoms with Crippen molar-refractivity contribution in [3.05, 3.63) is 28.0 Å². The maximum absolute atomic E-state index is 13.1. The highest BCUT2D eigenvalue weighted by atomic mass is 79.9. The molecular formula is C25H41BrFNO. The average Bonchev–Trinajstić information content (AvgIpc) is 2.60. The van der Waals surface area contributed by atoms with Gasteiger partial charge in [0.05, 0.1) is 10.2 Å². The number of ketones is 1. The van der Waals surface area contributed by atoms with Crippen molar-refractivity contribution in [3.8, 4) is 0 Å². The molecule has 0 heterocycles. The topological polar surface area (TPSA) is 29.4 Å². The second kappa shape index (κ2) is 12.6. The van der Waals surface area contributed by atoms with Crippen molar-refractivity contribution in [1.82, 2.24) is 0 Å². The molecule has 29 heavy (non-hydrogen) atoms. The van der Waals surface area contributed by atoms with Gasteiger partial charge in [-0.3, -0.25) is 9.79 Å². The Morgan fingerprint density at radius 1 is 1.17 bits per heavy atom. The van der Waals surface area contributed by atoms with Gasteiger partial charge in [-0.05, 0) is 77.6 Å². The highest BCUT2D eigenvalue weighted by molar-refractivity contribution is 9.10. The number of hydrogen-bond acceptors (Lipinski definition) is 2. The van der Waals surface area contributed by atoms with Crippen LogP contribution < -0.4 is 0 Å². The summed E-state index contributed by atoms with van der Waals surface area (Å²) in [5.74, 6) is 0.123. The molecular weight excluding hydrogens is 429 g/mol. The Balaban J connectivity index is 0.000000446. The van der Waals surface area contributed by atoms with Gasteiger partial charge in [-0.25, -0.2) is 4.39 Å². The third-order valence-electron chi connectivity index (χ3n) is 4.96. The average molecular weight is 471 g/mol. The smallest absolute Gasteiger partial charge is 0.137 e. The summed E-state index contributed by atoms with van der Waals surface area (Å²) >= 11 is 3.20. The zero-order valence-electron chi connectivity index (χ0n) is 20.0. The summed E-state index contributed by atoms with van der Waals surface area (Å²) in [6.07, 6.45) is 6.67. The Labute approximate surface area is 186 Å². The molecule has 0 aliphatic heterocycles. The highest BCUT2D eigenvalue weighted by Crippen LogP contribution is 2.38. The second-order valence-electron chi connectivity index (χ2n) is 9.85. The summed E-state index contributed by atoms with van der Waals surface area (Å²) < 4.78 is 13.6. The van der Waals surface area contributed by atoms with Crippen molar-refractivity contribution in [1.29, 1.82) is 0 Å². The zero-order valence-corrected chi connectivity index (χ0v) is 21.6. The minimum atomic E-state index is -0.240. The Morgan fingerprint density at radius 3 is 2.00 bits per heavy atom. The first kappa shape index (κ1) is 28.0. The van der Waals surface area contributed by atoms with Gasteiger partial charge in [0.1, 0.15) is 11.6 Å². The normalized spacial score (nSPS) is 15.3. The molecule has 0 atom stereocenters. The highest BCUT2D eigenvalue weighted by Gasteiger charge is 2.25. The molecule has 166 valence electrons. The minimum absolute atomic E-state index is 0.174. The van der Waals surface area contributed by atoms with Crippen LogP contribution >= 0.6 is 15.9 Å². The molecule has 1 aromatic rings. The number of aliphatic imine (C=N–C) groups is 1. The lowest BCUT2D eigenvalue weighted by Gasteiger charge is -2.33. The summed E-state index contributed by atoms with van der Waals surface area (Å²) in [5, 5.41) is 0. The number of Topliss-reactive ketones (excluding diaryl/α,β-unsaturated/α-hetero) is 1. The van der Waals surface area contributed by atoms with Gasteiger partial charge in [0, 0.05) is 18.6 Å². The number of halogens is 2. The largest absolute Gasteiger partial charge is 0.300 e. The van der Waals surface area contributed by atoms with Crippen LogP contribution in [0.25, 0.3) is 0 Å². The molecule has 4 heteroatoms. The standard InChI is InChI=1S/C11H13BrFN.C8H16O.C6H12/c1-4-7(2)14-10-6-5-9(13)11(12)8(10)3;1-5-7(9)6-8(2,3)4;1-6(2)4-3-5-6/h5-6H,4H2,1-3H3;5-6H2,1-4H3;3-5H2,1-2H3. The molecule has 0 spiro atoms. The maximum atomic E-state index is 13.1. The summed E-state index contributed by atoms with van der Waals surface area (Å²) in [6, 6.07) is 3.13. The number of benzene rings is 1. The van der Waals surface area contributed by atoms with Crippen LogP contribution in [0.2, 0.25) is 0 Å². The van der Waals surface area contributed by atoms with Gasteiger partial charge in [-0.2, -0.15) is 0 Å². The van der Waals surface area contributed by atoms with E-state index in [0.29, 0.717) is 23.1 Å². The molecule has 1 saturated carbocycles. The maximum Gasteiger partial charge on any atom is 0.137 e. The van der Waals surface area contributed by atoms with E-state index in [4.69, 9.17) is 0 Å². The number of rotatable bonds is 4. The summed E-state index contributed by atoms with van der Waals surface area (Å²) in [6.45, 7) is 18.7. The molecule has 0 saturated heterocycles. The monoisotopic (exact) mass is 469 g/mol. The van der Waals surface area contributed by atoms with Crippen molar-refractivity contribution in [3.63, 3.8) is 0 Å². The summed E-state index contributed by atoms with van der Waals surface area (Å²) in [7, 11) is 0. The third kappa shape index (κ3) is 12.3.